The molecule has 0 aromatic heterocycles. The maximum absolute atomic E-state index is 12.2. The summed E-state index contributed by atoms with van der Waals surface area (Å²) >= 11 is 0. The highest BCUT2D eigenvalue weighted by Gasteiger charge is 2.29. The number of ether oxygens (including phenoxy) is 1. The molecular formula is C11H15F3N2O. The predicted octanol–water partition coefficient (Wildman–Crippen LogP) is 2.67. The number of alkyl halides is 3. The normalized spacial score (nSPS) is 11.4. The Morgan fingerprint density at radius 3 is 2.53 bits per heavy atom. The number of hydrogen-bond acceptors (Lipinski definition) is 3. The van der Waals surface area contributed by atoms with Gasteiger partial charge in [0.2, 0.25) is 0 Å². The van der Waals surface area contributed by atoms with Gasteiger partial charge in [-0.3, -0.25) is 0 Å². The summed E-state index contributed by atoms with van der Waals surface area (Å²) in [5.41, 5.74) is 6.47. The number of benzene rings is 1. The molecule has 0 aliphatic carbocycles. The minimum atomic E-state index is -4.23. The van der Waals surface area contributed by atoms with Crippen LogP contribution in [0.1, 0.15) is 6.92 Å². The molecule has 6 heteroatoms. The SMILES string of the molecule is CCOc1cc(N(C)CC(F)(F)F)ccc1N. The van der Waals surface area contributed by atoms with E-state index in [1.54, 1.807) is 6.92 Å². The van der Waals surface area contributed by atoms with Gasteiger partial charge in [0.1, 0.15) is 12.3 Å². The lowest BCUT2D eigenvalue weighted by atomic mass is 10.2. The molecule has 0 unspecified atom stereocenters. The number of halogens is 3. The van der Waals surface area contributed by atoms with Gasteiger partial charge >= 0.3 is 6.18 Å². The minimum absolute atomic E-state index is 0.402. The molecule has 0 fully saturated rings. The zero-order valence-corrected chi connectivity index (χ0v) is 9.71. The van der Waals surface area contributed by atoms with Gasteiger partial charge in [-0.1, -0.05) is 0 Å². The number of hydrogen-bond donors (Lipinski definition) is 1. The number of rotatable bonds is 4. The monoisotopic (exact) mass is 248 g/mol. The standard InChI is InChI=1S/C11H15F3N2O/c1-3-17-10-6-8(4-5-9(10)15)16(2)7-11(12,13)14/h4-6H,3,7,15H2,1-2H3. The van der Waals surface area contributed by atoms with E-state index >= 15 is 0 Å². The van der Waals surface area contributed by atoms with E-state index in [0.717, 1.165) is 4.90 Å². The number of anilines is 2. The van der Waals surface area contributed by atoms with Crippen LogP contribution in [0.3, 0.4) is 0 Å². The molecule has 0 aliphatic heterocycles. The van der Waals surface area contributed by atoms with Gasteiger partial charge < -0.3 is 15.4 Å². The van der Waals surface area contributed by atoms with Gasteiger partial charge in [-0.25, -0.2) is 0 Å². The van der Waals surface area contributed by atoms with Gasteiger partial charge in [0.25, 0.3) is 0 Å². The molecule has 0 spiro atoms. The van der Waals surface area contributed by atoms with Crippen LogP contribution >= 0.6 is 0 Å². The van der Waals surface area contributed by atoms with Gasteiger partial charge in [0.15, 0.2) is 0 Å². The average molecular weight is 248 g/mol. The summed E-state index contributed by atoms with van der Waals surface area (Å²) in [6.45, 7) is 1.19. The highest BCUT2D eigenvalue weighted by Crippen LogP contribution is 2.28. The highest BCUT2D eigenvalue weighted by atomic mass is 19.4. The van der Waals surface area contributed by atoms with E-state index < -0.39 is 12.7 Å². The van der Waals surface area contributed by atoms with Crippen LogP contribution in [0.4, 0.5) is 24.5 Å². The zero-order chi connectivity index (χ0) is 13.1. The van der Waals surface area contributed by atoms with Crippen molar-refractivity contribution in [1.82, 2.24) is 0 Å². The maximum atomic E-state index is 12.2. The van der Waals surface area contributed by atoms with Crippen LogP contribution in [-0.2, 0) is 0 Å². The van der Waals surface area contributed by atoms with Gasteiger partial charge in [-0.15, -0.1) is 0 Å². The lowest BCUT2D eigenvalue weighted by Crippen LogP contribution is -2.30. The van der Waals surface area contributed by atoms with E-state index in [4.69, 9.17) is 10.5 Å². The molecule has 0 bridgehead atoms. The first-order chi connectivity index (χ1) is 7.83. The lowest BCUT2D eigenvalue weighted by Gasteiger charge is -2.21. The molecule has 0 amide bonds. The molecule has 17 heavy (non-hydrogen) atoms. The van der Waals surface area contributed by atoms with Crippen LogP contribution in [0.25, 0.3) is 0 Å². The Balaban J connectivity index is 2.87. The highest BCUT2D eigenvalue weighted by molar-refractivity contribution is 5.62. The smallest absolute Gasteiger partial charge is 0.405 e. The average Bonchev–Trinajstić information content (AvgIpc) is 2.19. The fourth-order valence-electron chi connectivity index (χ4n) is 1.40. The second-order valence-corrected chi connectivity index (χ2v) is 3.63. The van der Waals surface area contributed by atoms with Crippen molar-refractivity contribution >= 4 is 11.4 Å². The Labute approximate surface area is 98.0 Å². The first-order valence-corrected chi connectivity index (χ1v) is 5.13. The van der Waals surface area contributed by atoms with Crippen molar-refractivity contribution in [2.45, 2.75) is 13.1 Å². The molecular weight excluding hydrogens is 233 g/mol. The van der Waals surface area contributed by atoms with E-state index in [1.165, 1.54) is 25.2 Å². The van der Waals surface area contributed by atoms with Gasteiger partial charge in [-0.05, 0) is 19.1 Å². The molecule has 96 valence electrons. The third-order valence-electron chi connectivity index (χ3n) is 2.15. The summed E-state index contributed by atoms with van der Waals surface area (Å²) in [5, 5.41) is 0. The Morgan fingerprint density at radius 2 is 2.00 bits per heavy atom. The number of nitrogens with zero attached hydrogens (tertiary/aromatic N) is 1. The Hall–Kier alpha value is -1.59. The number of nitrogen functional groups attached to an aromatic ring is 1. The van der Waals surface area contributed by atoms with Gasteiger partial charge in [-0.2, -0.15) is 13.2 Å². The predicted molar refractivity (Wildman–Crippen MR) is 61.3 cm³/mol. The molecule has 0 radical (unpaired) electrons. The van der Waals surface area contributed by atoms with Crippen molar-refractivity contribution in [3.8, 4) is 5.75 Å². The van der Waals surface area contributed by atoms with E-state index in [1.807, 2.05) is 0 Å². The summed E-state index contributed by atoms with van der Waals surface area (Å²) in [6, 6.07) is 4.57. The largest absolute Gasteiger partial charge is 0.492 e. The van der Waals surface area contributed by atoms with E-state index in [0.29, 0.717) is 23.7 Å². The Bertz CT molecular complexity index is 379. The summed E-state index contributed by atoms with van der Waals surface area (Å²) < 4.78 is 41.9. The van der Waals surface area contributed by atoms with Crippen molar-refractivity contribution in [3.63, 3.8) is 0 Å². The third kappa shape index (κ3) is 4.05. The molecule has 0 saturated carbocycles. The van der Waals surface area contributed by atoms with E-state index in [-0.39, 0.29) is 0 Å². The van der Waals surface area contributed by atoms with E-state index in [9.17, 15) is 13.2 Å². The zero-order valence-electron chi connectivity index (χ0n) is 9.71. The second kappa shape index (κ2) is 5.16. The molecule has 0 heterocycles. The van der Waals surface area contributed by atoms with E-state index in [2.05, 4.69) is 0 Å². The van der Waals surface area contributed by atoms with Gasteiger partial charge in [0.05, 0.1) is 12.3 Å². The quantitative estimate of drug-likeness (QED) is 0.832. The summed E-state index contributed by atoms with van der Waals surface area (Å²) in [7, 11) is 1.37. The second-order valence-electron chi connectivity index (χ2n) is 3.63. The maximum Gasteiger partial charge on any atom is 0.405 e. The first kappa shape index (κ1) is 13.5. The van der Waals surface area contributed by atoms with Gasteiger partial charge in [0, 0.05) is 18.8 Å². The van der Waals surface area contributed by atoms with Crippen LogP contribution in [0.5, 0.6) is 5.75 Å². The first-order valence-electron chi connectivity index (χ1n) is 5.13. The fourth-order valence-corrected chi connectivity index (χ4v) is 1.40. The molecule has 0 aliphatic rings. The lowest BCUT2D eigenvalue weighted by molar-refractivity contribution is -0.119. The van der Waals surface area contributed by atoms with Crippen molar-refractivity contribution in [2.75, 3.05) is 30.8 Å². The number of nitrogens with two attached hydrogens (primary N) is 1. The van der Waals surface area contributed by atoms with Crippen LogP contribution in [0, 0.1) is 0 Å². The molecule has 3 nitrogen and oxygen atoms in total. The van der Waals surface area contributed by atoms with Crippen molar-refractivity contribution in [3.05, 3.63) is 18.2 Å². The summed E-state index contributed by atoms with van der Waals surface area (Å²) in [5.74, 6) is 0.402. The third-order valence-corrected chi connectivity index (χ3v) is 2.15. The molecule has 1 rings (SSSR count). The van der Waals surface area contributed by atoms with Crippen LogP contribution < -0.4 is 15.4 Å². The molecule has 1 aromatic carbocycles. The molecule has 2 N–H and O–H groups in total. The Kier molecular flexibility index (Phi) is 4.09. The Morgan fingerprint density at radius 1 is 1.35 bits per heavy atom. The minimum Gasteiger partial charge on any atom is -0.492 e. The molecule has 0 atom stereocenters. The van der Waals surface area contributed by atoms with Crippen LogP contribution in [0.2, 0.25) is 0 Å². The topological polar surface area (TPSA) is 38.5 Å². The molecule has 0 saturated heterocycles. The van der Waals surface area contributed by atoms with Crippen molar-refractivity contribution < 1.29 is 17.9 Å². The fraction of sp³-hybridized carbons (Fsp3) is 0.455. The van der Waals surface area contributed by atoms with Crippen molar-refractivity contribution in [2.24, 2.45) is 0 Å². The van der Waals surface area contributed by atoms with Crippen LogP contribution in [0.15, 0.2) is 18.2 Å². The summed E-state index contributed by atoms with van der Waals surface area (Å²) in [6.07, 6.45) is -4.23. The molecule has 1 aromatic rings. The van der Waals surface area contributed by atoms with Crippen molar-refractivity contribution in [1.29, 1.82) is 0 Å². The van der Waals surface area contributed by atoms with Crippen LogP contribution in [-0.4, -0.2) is 26.4 Å². The summed E-state index contributed by atoms with van der Waals surface area (Å²) in [4.78, 5) is 1.10.